The van der Waals surface area contributed by atoms with Crippen LogP contribution in [0.1, 0.15) is 17.9 Å². The summed E-state index contributed by atoms with van der Waals surface area (Å²) in [7, 11) is 1.29. The van der Waals surface area contributed by atoms with Crippen LogP contribution in [0.25, 0.3) is 0 Å². The predicted molar refractivity (Wildman–Crippen MR) is 74.3 cm³/mol. The van der Waals surface area contributed by atoms with E-state index in [1.165, 1.54) is 7.11 Å². The summed E-state index contributed by atoms with van der Waals surface area (Å²) >= 11 is 0. The average Bonchev–Trinajstić information content (AvgIpc) is 2.50. The Morgan fingerprint density at radius 3 is 2.70 bits per heavy atom. The second-order valence-corrected chi connectivity index (χ2v) is 4.81. The first-order valence-corrected chi connectivity index (χ1v) is 6.53. The summed E-state index contributed by atoms with van der Waals surface area (Å²) in [6.07, 6.45) is 1.84. The zero-order valence-electron chi connectivity index (χ0n) is 11.5. The van der Waals surface area contributed by atoms with Gasteiger partial charge in [0.15, 0.2) is 11.2 Å². The van der Waals surface area contributed by atoms with E-state index in [0.29, 0.717) is 6.61 Å². The van der Waals surface area contributed by atoms with Crippen molar-refractivity contribution in [1.29, 1.82) is 0 Å². The predicted octanol–water partition coefficient (Wildman–Crippen LogP) is 2.10. The summed E-state index contributed by atoms with van der Waals surface area (Å²) < 4.78 is 10.3. The third-order valence-electron chi connectivity index (χ3n) is 3.78. The van der Waals surface area contributed by atoms with Gasteiger partial charge in [-0.1, -0.05) is 36.4 Å². The molecule has 1 heterocycles. The van der Waals surface area contributed by atoms with Gasteiger partial charge in [0, 0.05) is 12.3 Å². The van der Waals surface area contributed by atoms with Crippen LogP contribution in [-0.2, 0) is 19.1 Å². The van der Waals surface area contributed by atoms with Crippen LogP contribution < -0.4 is 0 Å². The number of carbonyl (C=O) groups excluding carboxylic acids is 2. The largest absolute Gasteiger partial charge is 0.468 e. The summed E-state index contributed by atoms with van der Waals surface area (Å²) in [5, 5.41) is 0. The number of hydrogen-bond acceptors (Lipinski definition) is 4. The first-order valence-electron chi connectivity index (χ1n) is 6.53. The molecule has 0 radical (unpaired) electrons. The molecule has 1 aromatic carbocycles. The molecule has 1 saturated heterocycles. The third kappa shape index (κ3) is 2.27. The van der Waals surface area contributed by atoms with E-state index < -0.39 is 17.3 Å². The van der Waals surface area contributed by atoms with Crippen molar-refractivity contribution in [3.8, 4) is 0 Å². The zero-order valence-corrected chi connectivity index (χ0v) is 11.5. The summed E-state index contributed by atoms with van der Waals surface area (Å²) in [6, 6.07) is 9.36. The minimum absolute atomic E-state index is 0.0318. The van der Waals surface area contributed by atoms with Gasteiger partial charge in [0.05, 0.1) is 20.3 Å². The van der Waals surface area contributed by atoms with Gasteiger partial charge in [-0.25, -0.2) is 0 Å². The number of ketones is 1. The second-order valence-electron chi connectivity index (χ2n) is 4.81. The van der Waals surface area contributed by atoms with Gasteiger partial charge < -0.3 is 9.47 Å². The van der Waals surface area contributed by atoms with Crippen LogP contribution in [0.15, 0.2) is 43.0 Å². The van der Waals surface area contributed by atoms with Crippen LogP contribution in [0, 0.1) is 5.41 Å². The van der Waals surface area contributed by atoms with E-state index in [2.05, 4.69) is 6.58 Å². The highest BCUT2D eigenvalue weighted by atomic mass is 16.5. The molecule has 0 amide bonds. The van der Waals surface area contributed by atoms with E-state index in [-0.39, 0.29) is 18.8 Å². The number of esters is 1. The van der Waals surface area contributed by atoms with Gasteiger partial charge in [0.2, 0.25) is 0 Å². The molecule has 2 atom stereocenters. The molecule has 1 aromatic rings. The van der Waals surface area contributed by atoms with Gasteiger partial charge in [0.1, 0.15) is 0 Å². The number of Topliss-reactive ketones (excluding diaryl/α,β-unsaturated/α-hetero) is 1. The molecule has 0 N–H and O–H groups in total. The monoisotopic (exact) mass is 274 g/mol. The zero-order chi connectivity index (χ0) is 14.6. The molecule has 0 spiro atoms. The highest BCUT2D eigenvalue weighted by molar-refractivity contribution is 6.05. The van der Waals surface area contributed by atoms with Crippen molar-refractivity contribution in [3.63, 3.8) is 0 Å². The van der Waals surface area contributed by atoms with Crippen molar-refractivity contribution in [2.24, 2.45) is 5.41 Å². The van der Waals surface area contributed by atoms with Crippen molar-refractivity contribution in [1.82, 2.24) is 0 Å². The second kappa shape index (κ2) is 6.01. The molecule has 4 nitrogen and oxygen atoms in total. The minimum Gasteiger partial charge on any atom is -0.468 e. The number of allylic oxidation sites excluding steroid dienone is 1. The molecular weight excluding hydrogens is 256 g/mol. The Labute approximate surface area is 118 Å². The SMILES string of the molecule is C=CC(c1ccccc1)[C@]1(C(=O)OC)COCCC1=O. The number of rotatable bonds is 4. The van der Waals surface area contributed by atoms with Crippen LogP contribution in [0.5, 0.6) is 0 Å². The molecule has 0 bridgehead atoms. The Hall–Kier alpha value is -1.94. The highest BCUT2D eigenvalue weighted by Gasteiger charge is 2.54. The highest BCUT2D eigenvalue weighted by Crippen LogP contribution is 2.42. The van der Waals surface area contributed by atoms with Gasteiger partial charge in [-0.15, -0.1) is 6.58 Å². The minimum atomic E-state index is -1.32. The van der Waals surface area contributed by atoms with Crippen LogP contribution in [-0.4, -0.2) is 32.1 Å². The number of ether oxygens (including phenoxy) is 2. The molecular formula is C16H18O4. The number of methoxy groups -OCH3 is 1. The number of hydrogen-bond donors (Lipinski definition) is 0. The van der Waals surface area contributed by atoms with Crippen molar-refractivity contribution >= 4 is 11.8 Å². The van der Waals surface area contributed by atoms with Gasteiger partial charge >= 0.3 is 5.97 Å². The maximum atomic E-state index is 12.5. The van der Waals surface area contributed by atoms with E-state index in [0.717, 1.165) is 5.56 Å². The van der Waals surface area contributed by atoms with Gasteiger partial charge in [-0.3, -0.25) is 9.59 Å². The smallest absolute Gasteiger partial charge is 0.322 e. The summed E-state index contributed by atoms with van der Waals surface area (Å²) in [5.41, 5.74) is -0.470. The Balaban J connectivity index is 2.52. The fourth-order valence-corrected chi connectivity index (χ4v) is 2.73. The molecule has 1 unspecified atom stereocenters. The Morgan fingerprint density at radius 1 is 1.45 bits per heavy atom. The molecule has 1 aliphatic rings. The standard InChI is InChI=1S/C16H18O4/c1-3-13(12-7-5-4-6-8-12)16(15(18)19-2)11-20-10-9-14(16)17/h3-8,13H,1,9-11H2,2H3/t13?,16-/m1/s1. The van der Waals surface area contributed by atoms with Crippen LogP contribution in [0.3, 0.4) is 0 Å². The first kappa shape index (κ1) is 14.5. The summed E-state index contributed by atoms with van der Waals surface area (Å²) in [6.45, 7) is 4.17. The lowest BCUT2D eigenvalue weighted by Crippen LogP contribution is -2.51. The molecule has 106 valence electrons. The maximum Gasteiger partial charge on any atom is 0.322 e. The molecule has 0 aromatic heterocycles. The van der Waals surface area contributed by atoms with Crippen LogP contribution >= 0.6 is 0 Å². The average molecular weight is 274 g/mol. The van der Waals surface area contributed by atoms with Gasteiger partial charge in [-0.05, 0) is 5.56 Å². The first-order chi connectivity index (χ1) is 9.66. The lowest BCUT2D eigenvalue weighted by molar-refractivity contribution is -0.168. The lowest BCUT2D eigenvalue weighted by Gasteiger charge is -2.38. The summed E-state index contributed by atoms with van der Waals surface area (Å²) in [5.74, 6) is -1.16. The quantitative estimate of drug-likeness (QED) is 0.479. The van der Waals surface area contributed by atoms with Gasteiger partial charge in [-0.2, -0.15) is 0 Å². The Kier molecular flexibility index (Phi) is 4.35. The van der Waals surface area contributed by atoms with E-state index >= 15 is 0 Å². The fraction of sp³-hybridized carbons (Fsp3) is 0.375. The topological polar surface area (TPSA) is 52.6 Å². The normalized spacial score (nSPS) is 23.9. The van der Waals surface area contributed by atoms with E-state index in [1.807, 2.05) is 30.3 Å². The molecule has 1 fully saturated rings. The molecule has 1 aliphatic heterocycles. The molecule has 4 heteroatoms. The Morgan fingerprint density at radius 2 is 2.15 bits per heavy atom. The lowest BCUT2D eigenvalue weighted by atomic mass is 9.68. The van der Waals surface area contributed by atoms with E-state index in [1.54, 1.807) is 6.08 Å². The van der Waals surface area contributed by atoms with E-state index in [4.69, 9.17) is 9.47 Å². The molecule has 2 rings (SSSR count). The van der Waals surface area contributed by atoms with E-state index in [9.17, 15) is 9.59 Å². The fourth-order valence-electron chi connectivity index (χ4n) is 2.73. The number of benzene rings is 1. The molecule has 20 heavy (non-hydrogen) atoms. The summed E-state index contributed by atoms with van der Waals surface area (Å²) in [4.78, 5) is 24.8. The van der Waals surface area contributed by atoms with Gasteiger partial charge in [0.25, 0.3) is 0 Å². The van der Waals surface area contributed by atoms with Crippen molar-refractivity contribution in [3.05, 3.63) is 48.6 Å². The molecule has 0 aliphatic carbocycles. The van der Waals surface area contributed by atoms with Crippen molar-refractivity contribution in [2.75, 3.05) is 20.3 Å². The van der Waals surface area contributed by atoms with Crippen LogP contribution in [0.2, 0.25) is 0 Å². The van der Waals surface area contributed by atoms with Crippen molar-refractivity contribution < 1.29 is 19.1 Å². The van der Waals surface area contributed by atoms with Crippen LogP contribution in [0.4, 0.5) is 0 Å². The maximum absolute atomic E-state index is 12.5. The third-order valence-corrected chi connectivity index (χ3v) is 3.78. The number of carbonyl (C=O) groups is 2. The molecule has 0 saturated carbocycles. The Bertz CT molecular complexity index is 498. The van der Waals surface area contributed by atoms with Crippen molar-refractivity contribution in [2.45, 2.75) is 12.3 Å².